The molecular weight excluding hydrogens is 534 g/mol. The molecular formula is C33H34N3O6+. The van der Waals surface area contributed by atoms with E-state index in [2.05, 4.69) is 61.4 Å². The van der Waals surface area contributed by atoms with Gasteiger partial charge in [0.15, 0.2) is 0 Å². The van der Waals surface area contributed by atoms with Gasteiger partial charge in [-0.1, -0.05) is 18.2 Å². The van der Waals surface area contributed by atoms with Gasteiger partial charge in [0.1, 0.15) is 41.7 Å². The first-order valence-electron chi connectivity index (χ1n) is 14.2. The van der Waals surface area contributed by atoms with Crippen molar-refractivity contribution in [2.24, 2.45) is 0 Å². The van der Waals surface area contributed by atoms with Crippen LogP contribution in [0.1, 0.15) is 43.8 Å². The number of furan rings is 1. The molecule has 1 aliphatic carbocycles. The molecule has 0 spiro atoms. The van der Waals surface area contributed by atoms with Gasteiger partial charge in [-0.3, -0.25) is 10.1 Å². The molecule has 42 heavy (non-hydrogen) atoms. The van der Waals surface area contributed by atoms with Gasteiger partial charge in [0.25, 0.3) is 0 Å². The Morgan fingerprint density at radius 3 is 2.33 bits per heavy atom. The number of benzene rings is 3. The summed E-state index contributed by atoms with van der Waals surface area (Å²) in [5.74, 6) is -0.0636. The van der Waals surface area contributed by atoms with Gasteiger partial charge in [-0.15, -0.1) is 0 Å². The van der Waals surface area contributed by atoms with Gasteiger partial charge >= 0.3 is 11.9 Å². The highest BCUT2D eigenvalue weighted by atomic mass is 16.6. The van der Waals surface area contributed by atoms with Gasteiger partial charge < -0.3 is 18.5 Å². The zero-order chi connectivity index (χ0) is 29.8. The Balaban J connectivity index is 1.68. The fourth-order valence-corrected chi connectivity index (χ4v) is 5.36. The average molecular weight is 569 g/mol. The predicted octanol–water partition coefficient (Wildman–Crippen LogP) is 6.72. The van der Waals surface area contributed by atoms with Crippen LogP contribution >= 0.6 is 0 Å². The summed E-state index contributed by atoms with van der Waals surface area (Å²) < 4.78 is 19.5. The number of carbonyl (C=O) groups excluding carboxylic acids is 1. The van der Waals surface area contributed by atoms with E-state index in [4.69, 9.17) is 13.6 Å². The smallest absolute Gasteiger partial charge is 0.433 e. The molecule has 0 saturated heterocycles. The largest absolute Gasteiger partial charge is 0.456 e. The van der Waals surface area contributed by atoms with Crippen LogP contribution in [0.15, 0.2) is 81.6 Å². The van der Waals surface area contributed by atoms with E-state index in [0.29, 0.717) is 22.5 Å². The molecule has 0 radical (unpaired) electrons. The van der Waals surface area contributed by atoms with Crippen molar-refractivity contribution >= 4 is 28.5 Å². The molecule has 0 bridgehead atoms. The third-order valence-corrected chi connectivity index (χ3v) is 7.54. The number of rotatable bonds is 10. The average Bonchev–Trinajstić information content (AvgIpc) is 3.49. The number of anilines is 1. The van der Waals surface area contributed by atoms with Crippen molar-refractivity contribution in [1.82, 2.24) is 4.58 Å². The minimum atomic E-state index is -0.630. The van der Waals surface area contributed by atoms with Crippen LogP contribution in [0, 0.1) is 10.1 Å². The van der Waals surface area contributed by atoms with Crippen molar-refractivity contribution < 1.29 is 23.3 Å². The van der Waals surface area contributed by atoms with Crippen LogP contribution in [0.2, 0.25) is 0 Å². The molecule has 0 atom stereocenters. The van der Waals surface area contributed by atoms with Gasteiger partial charge in [0.2, 0.25) is 5.36 Å². The lowest BCUT2D eigenvalue weighted by molar-refractivity contribution is -0.402. The summed E-state index contributed by atoms with van der Waals surface area (Å²) in [6.07, 6.45) is 0. The van der Waals surface area contributed by atoms with E-state index in [1.165, 1.54) is 12.1 Å². The molecule has 0 unspecified atom stereocenters. The Hall–Kier alpha value is -4.92. The third kappa shape index (κ3) is 5.50. The highest BCUT2D eigenvalue weighted by Crippen LogP contribution is 2.42. The number of hydrogen-bond acceptors (Lipinski definition) is 7. The Labute approximate surface area is 243 Å². The minimum absolute atomic E-state index is 0.190. The van der Waals surface area contributed by atoms with Crippen molar-refractivity contribution in [1.29, 1.82) is 0 Å². The van der Waals surface area contributed by atoms with Gasteiger partial charge in [-0.2, -0.15) is 0 Å². The highest BCUT2D eigenvalue weighted by Gasteiger charge is 2.24. The molecule has 216 valence electrons. The topological polar surface area (TPSA) is 102 Å². The fourth-order valence-electron chi connectivity index (χ4n) is 5.36. The van der Waals surface area contributed by atoms with E-state index in [0.717, 1.165) is 53.7 Å². The van der Waals surface area contributed by atoms with Crippen molar-refractivity contribution in [2.45, 2.75) is 34.3 Å². The summed E-state index contributed by atoms with van der Waals surface area (Å²) in [4.78, 5) is 26.0. The van der Waals surface area contributed by atoms with Crippen LogP contribution in [-0.2, 0) is 11.3 Å². The number of nitrogens with zero attached hydrogens (tertiary/aromatic N) is 3. The summed E-state index contributed by atoms with van der Waals surface area (Å²) in [7, 11) is 0. The monoisotopic (exact) mass is 568 g/mol. The lowest BCUT2D eigenvalue weighted by atomic mass is 9.90. The van der Waals surface area contributed by atoms with Crippen LogP contribution in [0.4, 0.5) is 11.6 Å². The van der Waals surface area contributed by atoms with E-state index in [1.54, 1.807) is 12.1 Å². The lowest BCUT2D eigenvalue weighted by Crippen LogP contribution is -2.29. The molecule has 1 aromatic heterocycles. The van der Waals surface area contributed by atoms with Crippen LogP contribution in [-0.4, -0.2) is 37.1 Å². The number of carbonyl (C=O) groups is 1. The molecule has 2 aliphatic rings. The molecule has 3 aromatic rings. The lowest BCUT2D eigenvalue weighted by Gasteiger charge is -2.22. The second-order valence-corrected chi connectivity index (χ2v) is 9.80. The van der Waals surface area contributed by atoms with Crippen LogP contribution < -0.4 is 14.8 Å². The molecule has 0 N–H and O–H groups in total. The predicted molar refractivity (Wildman–Crippen MR) is 163 cm³/mol. The quantitative estimate of drug-likeness (QED) is 0.0606. The molecule has 2 aromatic carbocycles. The molecule has 0 saturated carbocycles. The van der Waals surface area contributed by atoms with Gasteiger partial charge in [-0.25, -0.2) is 9.37 Å². The summed E-state index contributed by atoms with van der Waals surface area (Å²) in [5, 5.41) is 12.9. The maximum Gasteiger partial charge on any atom is 0.433 e. The van der Waals surface area contributed by atoms with Crippen LogP contribution in [0.3, 0.4) is 0 Å². The Bertz CT molecular complexity index is 1790. The number of esters is 1. The van der Waals surface area contributed by atoms with Crippen molar-refractivity contribution in [2.75, 3.05) is 31.1 Å². The molecule has 2 heterocycles. The van der Waals surface area contributed by atoms with Crippen molar-refractivity contribution in [3.05, 3.63) is 99.6 Å². The van der Waals surface area contributed by atoms with Gasteiger partial charge in [0, 0.05) is 47.4 Å². The number of nitro groups is 1. The van der Waals surface area contributed by atoms with E-state index >= 15 is 0 Å². The first-order chi connectivity index (χ1) is 20.4. The molecule has 9 nitrogen and oxygen atoms in total. The standard InChI is InChI=1S/C33H34N3O6/c1-5-34(6-2)22-13-16-27-29(19-22)42-30-20-23(35(7-3)8-4)14-17-28(30)32(27)25-11-9-10-12-26(25)33(37)40-21-24-15-18-31(41-24)36(38)39/h9-20H,5-8,21H2,1-4H3/q+1. The first-order valence-corrected chi connectivity index (χ1v) is 14.2. The molecule has 9 heteroatoms. The van der Waals surface area contributed by atoms with E-state index in [1.807, 2.05) is 24.3 Å². The first kappa shape index (κ1) is 28.6. The SMILES string of the molecule is CCN(CC)c1ccc2c(-c3ccccc3C(=O)OCc3ccc([N+](=O)[O-])o3)c3ccc(=[N+](CC)CC)cc-3oc2c1. The summed E-state index contributed by atoms with van der Waals surface area (Å²) in [6.45, 7) is 11.7. The second kappa shape index (κ2) is 12.3. The molecule has 0 amide bonds. The number of fused-ring (bicyclic) bond motifs is 2. The molecule has 5 rings (SSSR count). The fraction of sp³-hybridized carbons (Fsp3) is 0.273. The van der Waals surface area contributed by atoms with Crippen molar-refractivity contribution in [3.63, 3.8) is 0 Å². The van der Waals surface area contributed by atoms with Crippen LogP contribution in [0.25, 0.3) is 33.4 Å². The normalized spacial score (nSPS) is 11.1. The van der Waals surface area contributed by atoms with E-state index in [-0.39, 0.29) is 12.4 Å². The third-order valence-electron chi connectivity index (χ3n) is 7.54. The molecule has 1 aliphatic heterocycles. The summed E-state index contributed by atoms with van der Waals surface area (Å²) in [6, 6.07) is 22.3. The maximum absolute atomic E-state index is 13.4. The number of ether oxygens (including phenoxy) is 1. The Morgan fingerprint density at radius 2 is 1.64 bits per heavy atom. The summed E-state index contributed by atoms with van der Waals surface area (Å²) >= 11 is 0. The highest BCUT2D eigenvalue weighted by molar-refractivity contribution is 6.08. The molecule has 0 fully saturated rings. The van der Waals surface area contributed by atoms with E-state index < -0.39 is 16.8 Å². The number of hydrogen-bond donors (Lipinski definition) is 0. The Morgan fingerprint density at radius 1 is 0.881 bits per heavy atom. The van der Waals surface area contributed by atoms with Gasteiger partial charge in [0.05, 0.1) is 17.7 Å². The van der Waals surface area contributed by atoms with E-state index in [9.17, 15) is 14.9 Å². The Kier molecular flexibility index (Phi) is 8.38. The summed E-state index contributed by atoms with van der Waals surface area (Å²) in [5.41, 5.74) is 4.57. The van der Waals surface area contributed by atoms with Gasteiger partial charge in [-0.05, 0) is 63.6 Å². The zero-order valence-corrected chi connectivity index (χ0v) is 24.3. The maximum atomic E-state index is 13.4. The minimum Gasteiger partial charge on any atom is -0.456 e. The second-order valence-electron chi connectivity index (χ2n) is 9.80. The van der Waals surface area contributed by atoms with Crippen molar-refractivity contribution in [3.8, 4) is 22.5 Å². The zero-order valence-electron chi connectivity index (χ0n) is 24.3. The van der Waals surface area contributed by atoms with Crippen LogP contribution in [0.5, 0.6) is 0 Å².